The number of benzene rings is 2. The second-order valence-corrected chi connectivity index (χ2v) is 5.78. The lowest BCUT2D eigenvalue weighted by Gasteiger charge is -2.04. The van der Waals surface area contributed by atoms with Crippen LogP contribution >= 0.6 is 0 Å². The first kappa shape index (κ1) is 14.0. The Hall–Kier alpha value is -2.62. The molecule has 4 aromatic rings. The van der Waals surface area contributed by atoms with Gasteiger partial charge in [0, 0.05) is 18.6 Å². The van der Waals surface area contributed by atoms with Crippen LogP contribution < -0.4 is 0 Å². The molecule has 0 radical (unpaired) electrons. The van der Waals surface area contributed by atoms with Crippen molar-refractivity contribution >= 4 is 22.2 Å². The average molecular weight is 306 g/mol. The molecule has 0 spiro atoms. The summed E-state index contributed by atoms with van der Waals surface area (Å²) in [6.07, 6.45) is 1.99. The molecule has 0 saturated heterocycles. The van der Waals surface area contributed by atoms with Crippen LogP contribution in [0.4, 0.5) is 0 Å². The molecule has 0 atom stereocenters. The topological polar surface area (TPSA) is 52.1 Å². The second-order valence-electron chi connectivity index (χ2n) is 5.78. The third-order valence-corrected chi connectivity index (χ3v) is 4.12. The van der Waals surface area contributed by atoms with Gasteiger partial charge >= 0.3 is 0 Å². The number of rotatable bonds is 3. The molecule has 0 aliphatic rings. The molecule has 0 bridgehead atoms. The standard InChI is InChI=1S/C19H18N2O2/c1-4-12-6-13(5-2)8-14(7-12)19-21-16-9-15-17(10-18(16)23-19)22-11(3)20-15/h6-10H,4-5H2,1-3H3. The first-order chi connectivity index (χ1) is 11.2. The number of hydrogen-bond donors (Lipinski definition) is 0. The van der Waals surface area contributed by atoms with Crippen LogP contribution in [0.2, 0.25) is 0 Å². The zero-order valence-corrected chi connectivity index (χ0v) is 13.5. The van der Waals surface area contributed by atoms with Crippen LogP contribution in [0.5, 0.6) is 0 Å². The third kappa shape index (κ3) is 2.40. The summed E-state index contributed by atoms with van der Waals surface area (Å²) in [5.41, 5.74) is 6.70. The van der Waals surface area contributed by atoms with Crippen molar-refractivity contribution in [1.82, 2.24) is 9.97 Å². The quantitative estimate of drug-likeness (QED) is 0.530. The van der Waals surface area contributed by atoms with Crippen molar-refractivity contribution in [3.8, 4) is 11.5 Å². The highest BCUT2D eigenvalue weighted by Crippen LogP contribution is 2.29. The maximum absolute atomic E-state index is 5.97. The van der Waals surface area contributed by atoms with Crippen LogP contribution in [0.15, 0.2) is 39.2 Å². The van der Waals surface area contributed by atoms with Crippen LogP contribution in [-0.2, 0) is 12.8 Å². The highest BCUT2D eigenvalue weighted by Gasteiger charge is 2.13. The summed E-state index contributed by atoms with van der Waals surface area (Å²) in [5.74, 6) is 1.30. The molecule has 0 aliphatic heterocycles. The number of oxazole rings is 2. The highest BCUT2D eigenvalue weighted by molar-refractivity contribution is 5.90. The minimum absolute atomic E-state index is 0.648. The van der Waals surface area contributed by atoms with Crippen molar-refractivity contribution in [2.45, 2.75) is 33.6 Å². The van der Waals surface area contributed by atoms with Gasteiger partial charge in [0.2, 0.25) is 5.89 Å². The van der Waals surface area contributed by atoms with Crippen molar-refractivity contribution in [3.05, 3.63) is 47.3 Å². The zero-order chi connectivity index (χ0) is 16.0. The highest BCUT2D eigenvalue weighted by atomic mass is 16.4. The fourth-order valence-electron chi connectivity index (χ4n) is 2.88. The Balaban J connectivity index is 1.88. The van der Waals surface area contributed by atoms with Gasteiger partial charge in [0.1, 0.15) is 11.0 Å². The lowest BCUT2D eigenvalue weighted by atomic mass is 10.0. The number of hydrogen-bond acceptors (Lipinski definition) is 4. The normalized spacial score (nSPS) is 11.6. The van der Waals surface area contributed by atoms with E-state index in [9.17, 15) is 0 Å². The van der Waals surface area contributed by atoms with E-state index < -0.39 is 0 Å². The van der Waals surface area contributed by atoms with Gasteiger partial charge in [-0.05, 0) is 42.2 Å². The van der Waals surface area contributed by atoms with Gasteiger partial charge < -0.3 is 8.83 Å². The zero-order valence-electron chi connectivity index (χ0n) is 13.5. The molecule has 0 unspecified atom stereocenters. The Bertz CT molecular complexity index is 938. The molecule has 2 aromatic heterocycles. The Morgan fingerprint density at radius 3 is 2.13 bits per heavy atom. The average Bonchev–Trinajstić information content (AvgIpc) is 3.13. The van der Waals surface area contributed by atoms with Crippen LogP contribution in [0, 0.1) is 6.92 Å². The maximum Gasteiger partial charge on any atom is 0.227 e. The molecular weight excluding hydrogens is 288 g/mol. The van der Waals surface area contributed by atoms with E-state index in [-0.39, 0.29) is 0 Å². The van der Waals surface area contributed by atoms with Gasteiger partial charge in [0.05, 0.1) is 0 Å². The molecule has 4 nitrogen and oxygen atoms in total. The van der Waals surface area contributed by atoms with Gasteiger partial charge in [-0.25, -0.2) is 9.97 Å². The summed E-state index contributed by atoms with van der Waals surface area (Å²) in [7, 11) is 0. The molecule has 116 valence electrons. The first-order valence-electron chi connectivity index (χ1n) is 7.97. The predicted molar refractivity (Wildman–Crippen MR) is 90.5 cm³/mol. The molecule has 0 saturated carbocycles. The number of fused-ring (bicyclic) bond motifs is 2. The Labute approximate surface area is 134 Å². The minimum Gasteiger partial charge on any atom is -0.441 e. The van der Waals surface area contributed by atoms with Gasteiger partial charge in [-0.2, -0.15) is 0 Å². The Morgan fingerprint density at radius 1 is 0.783 bits per heavy atom. The van der Waals surface area contributed by atoms with E-state index in [0.29, 0.717) is 11.8 Å². The summed E-state index contributed by atoms with van der Waals surface area (Å²) in [5, 5.41) is 0. The third-order valence-electron chi connectivity index (χ3n) is 4.12. The molecule has 2 heterocycles. The summed E-state index contributed by atoms with van der Waals surface area (Å²) in [4.78, 5) is 9.00. The van der Waals surface area contributed by atoms with Gasteiger partial charge in [-0.3, -0.25) is 0 Å². The maximum atomic E-state index is 5.97. The Morgan fingerprint density at radius 2 is 1.43 bits per heavy atom. The van der Waals surface area contributed by atoms with Gasteiger partial charge in [0.15, 0.2) is 17.1 Å². The fourth-order valence-corrected chi connectivity index (χ4v) is 2.88. The van der Waals surface area contributed by atoms with Crippen LogP contribution in [0.25, 0.3) is 33.7 Å². The van der Waals surface area contributed by atoms with E-state index in [2.05, 4.69) is 42.0 Å². The van der Waals surface area contributed by atoms with Crippen molar-refractivity contribution in [3.63, 3.8) is 0 Å². The van der Waals surface area contributed by atoms with E-state index in [1.165, 1.54) is 11.1 Å². The summed E-state index contributed by atoms with van der Waals surface area (Å²) in [6.45, 7) is 6.16. The molecule has 0 N–H and O–H groups in total. The molecule has 23 heavy (non-hydrogen) atoms. The minimum atomic E-state index is 0.648. The predicted octanol–water partition coefficient (Wildman–Crippen LogP) is 5.07. The van der Waals surface area contributed by atoms with E-state index in [1.807, 2.05) is 19.1 Å². The first-order valence-corrected chi connectivity index (χ1v) is 7.97. The van der Waals surface area contributed by atoms with Crippen LogP contribution in [0.1, 0.15) is 30.9 Å². The van der Waals surface area contributed by atoms with Gasteiger partial charge in [0.25, 0.3) is 0 Å². The van der Waals surface area contributed by atoms with Crippen molar-refractivity contribution in [2.24, 2.45) is 0 Å². The van der Waals surface area contributed by atoms with Gasteiger partial charge in [-0.1, -0.05) is 19.9 Å². The summed E-state index contributed by atoms with van der Waals surface area (Å²) >= 11 is 0. The SMILES string of the molecule is CCc1cc(CC)cc(-c2nc3cc4nc(C)oc4cc3o2)c1. The number of aryl methyl sites for hydroxylation is 3. The van der Waals surface area contributed by atoms with E-state index in [0.717, 1.165) is 40.6 Å². The largest absolute Gasteiger partial charge is 0.441 e. The molecular formula is C19H18N2O2. The number of aromatic nitrogens is 2. The molecule has 0 aliphatic carbocycles. The van der Waals surface area contributed by atoms with E-state index in [4.69, 9.17) is 8.83 Å². The van der Waals surface area contributed by atoms with Gasteiger partial charge in [-0.15, -0.1) is 0 Å². The van der Waals surface area contributed by atoms with E-state index in [1.54, 1.807) is 0 Å². The molecule has 2 aromatic carbocycles. The fraction of sp³-hybridized carbons (Fsp3) is 0.263. The lowest BCUT2D eigenvalue weighted by Crippen LogP contribution is -1.88. The summed E-state index contributed by atoms with van der Waals surface area (Å²) < 4.78 is 11.5. The molecule has 0 fully saturated rings. The monoisotopic (exact) mass is 306 g/mol. The summed E-state index contributed by atoms with van der Waals surface area (Å²) in [6, 6.07) is 10.3. The number of nitrogens with zero attached hydrogens (tertiary/aromatic N) is 2. The molecule has 0 amide bonds. The molecule has 4 rings (SSSR count). The smallest absolute Gasteiger partial charge is 0.227 e. The van der Waals surface area contributed by atoms with Crippen molar-refractivity contribution < 1.29 is 8.83 Å². The second kappa shape index (κ2) is 5.23. The Kier molecular flexibility index (Phi) is 3.18. The van der Waals surface area contributed by atoms with Crippen molar-refractivity contribution in [2.75, 3.05) is 0 Å². The molecule has 4 heteroatoms. The van der Waals surface area contributed by atoms with E-state index >= 15 is 0 Å². The van der Waals surface area contributed by atoms with Crippen LogP contribution in [-0.4, -0.2) is 9.97 Å². The van der Waals surface area contributed by atoms with Crippen molar-refractivity contribution in [1.29, 1.82) is 0 Å². The lowest BCUT2D eigenvalue weighted by molar-refractivity contribution is 0.560. The van der Waals surface area contributed by atoms with Crippen LogP contribution in [0.3, 0.4) is 0 Å².